The highest BCUT2D eigenvalue weighted by molar-refractivity contribution is 5.87. The minimum atomic E-state index is -0.650. The molecule has 1 amide bonds. The second-order valence-electron chi connectivity index (χ2n) is 7.33. The number of carbonyl (C=O) groups excluding carboxylic acids is 1. The second-order valence-corrected chi connectivity index (χ2v) is 7.33. The van der Waals surface area contributed by atoms with E-state index in [0.717, 1.165) is 34.5 Å². The van der Waals surface area contributed by atoms with Crippen molar-refractivity contribution in [2.75, 3.05) is 11.9 Å². The Labute approximate surface area is 181 Å². The van der Waals surface area contributed by atoms with Crippen molar-refractivity contribution >= 4 is 11.7 Å². The van der Waals surface area contributed by atoms with Gasteiger partial charge in [0.1, 0.15) is 5.82 Å². The summed E-state index contributed by atoms with van der Waals surface area (Å²) in [4.78, 5) is 25.8. The van der Waals surface area contributed by atoms with Crippen LogP contribution in [0.25, 0.3) is 11.3 Å². The molecule has 3 aromatic heterocycles. The fourth-order valence-corrected chi connectivity index (χ4v) is 3.56. The van der Waals surface area contributed by atoms with Crippen LogP contribution in [0.2, 0.25) is 0 Å². The average Bonchev–Trinajstić information content (AvgIpc) is 3.21. The third-order valence-corrected chi connectivity index (χ3v) is 5.04. The number of aromatic nitrogens is 4. The largest absolute Gasteiger partial charge is 0.369 e. The number of rotatable bonds is 8. The predicted octanol–water partition coefficient (Wildman–Crippen LogP) is 3.15. The van der Waals surface area contributed by atoms with Gasteiger partial charge in [-0.1, -0.05) is 42.5 Å². The Kier molecular flexibility index (Phi) is 6.03. The molecule has 0 aliphatic rings. The van der Waals surface area contributed by atoms with Crippen LogP contribution in [0.4, 0.5) is 5.82 Å². The first kappa shape index (κ1) is 20.3. The number of nitrogens with one attached hydrogen (secondary N) is 1. The number of hydrogen-bond acceptors (Lipinski definition) is 5. The lowest BCUT2D eigenvalue weighted by Gasteiger charge is -2.19. The van der Waals surface area contributed by atoms with Crippen molar-refractivity contribution in [3.8, 4) is 11.3 Å². The highest BCUT2D eigenvalue weighted by Crippen LogP contribution is 2.31. The van der Waals surface area contributed by atoms with Gasteiger partial charge in [0.05, 0.1) is 23.6 Å². The molecule has 1 aromatic carbocycles. The number of benzene rings is 1. The van der Waals surface area contributed by atoms with Crippen molar-refractivity contribution in [2.45, 2.75) is 12.3 Å². The maximum absolute atomic E-state index is 12.4. The van der Waals surface area contributed by atoms with Crippen molar-refractivity contribution in [2.24, 2.45) is 12.8 Å². The van der Waals surface area contributed by atoms with Gasteiger partial charge in [-0.25, -0.2) is 9.97 Å². The minimum Gasteiger partial charge on any atom is -0.369 e. The standard InChI is InChI=1S/C24H24N6O/c1-30-15-19(28-16-30)11-13-27-24-20(22(23(25)31)18-8-5-12-26-14-18)9-10-21(29-24)17-6-3-2-4-7-17/h2-10,12,14-16,22H,11,13H2,1H3,(H2,25,31)(H,27,29). The summed E-state index contributed by atoms with van der Waals surface area (Å²) in [5.74, 6) is -0.469. The minimum absolute atomic E-state index is 0.449. The van der Waals surface area contributed by atoms with E-state index < -0.39 is 11.8 Å². The van der Waals surface area contributed by atoms with Crippen LogP contribution < -0.4 is 11.1 Å². The zero-order valence-electron chi connectivity index (χ0n) is 17.3. The summed E-state index contributed by atoms with van der Waals surface area (Å²) >= 11 is 0. The van der Waals surface area contributed by atoms with E-state index in [4.69, 9.17) is 10.7 Å². The predicted molar refractivity (Wildman–Crippen MR) is 120 cm³/mol. The van der Waals surface area contributed by atoms with E-state index in [0.29, 0.717) is 12.4 Å². The Bertz CT molecular complexity index is 1160. The van der Waals surface area contributed by atoms with Crippen LogP contribution in [0.1, 0.15) is 22.7 Å². The van der Waals surface area contributed by atoms with Gasteiger partial charge < -0.3 is 15.6 Å². The van der Waals surface area contributed by atoms with Crippen molar-refractivity contribution in [1.29, 1.82) is 0 Å². The van der Waals surface area contributed by atoms with Gasteiger partial charge in [-0.15, -0.1) is 0 Å². The molecule has 0 radical (unpaired) electrons. The van der Waals surface area contributed by atoms with Gasteiger partial charge in [0.15, 0.2) is 0 Å². The van der Waals surface area contributed by atoms with Crippen LogP contribution in [0.5, 0.6) is 0 Å². The van der Waals surface area contributed by atoms with Gasteiger partial charge >= 0.3 is 0 Å². The average molecular weight is 412 g/mol. The number of aryl methyl sites for hydroxylation is 1. The van der Waals surface area contributed by atoms with Crippen LogP contribution in [-0.4, -0.2) is 32.0 Å². The van der Waals surface area contributed by atoms with E-state index in [1.54, 1.807) is 24.8 Å². The number of amides is 1. The number of anilines is 1. The van der Waals surface area contributed by atoms with Crippen molar-refractivity contribution in [1.82, 2.24) is 19.5 Å². The molecule has 7 nitrogen and oxygen atoms in total. The zero-order valence-corrected chi connectivity index (χ0v) is 17.3. The highest BCUT2D eigenvalue weighted by atomic mass is 16.1. The summed E-state index contributed by atoms with van der Waals surface area (Å²) in [6.45, 7) is 0.619. The normalized spacial score (nSPS) is 11.8. The SMILES string of the molecule is Cn1cnc(CCNc2nc(-c3ccccc3)ccc2C(C(N)=O)c2cccnc2)c1. The number of nitrogens with two attached hydrogens (primary N) is 1. The lowest BCUT2D eigenvalue weighted by molar-refractivity contribution is -0.118. The fourth-order valence-electron chi connectivity index (χ4n) is 3.56. The third-order valence-electron chi connectivity index (χ3n) is 5.04. The molecule has 0 saturated carbocycles. The Hall–Kier alpha value is -4.00. The molecule has 0 fully saturated rings. The summed E-state index contributed by atoms with van der Waals surface area (Å²) in [5, 5.41) is 3.40. The van der Waals surface area contributed by atoms with Crippen molar-refractivity contribution < 1.29 is 4.79 Å². The first-order chi connectivity index (χ1) is 15.1. The molecule has 1 unspecified atom stereocenters. The molecule has 31 heavy (non-hydrogen) atoms. The van der Waals surface area contributed by atoms with E-state index in [-0.39, 0.29) is 0 Å². The summed E-state index contributed by atoms with van der Waals surface area (Å²) in [6, 6.07) is 17.4. The van der Waals surface area contributed by atoms with Crippen LogP contribution in [0, 0.1) is 0 Å². The van der Waals surface area contributed by atoms with E-state index in [1.807, 2.05) is 66.3 Å². The van der Waals surface area contributed by atoms with Crippen molar-refractivity contribution in [3.63, 3.8) is 0 Å². The van der Waals surface area contributed by atoms with E-state index in [9.17, 15) is 4.79 Å². The molecule has 3 heterocycles. The van der Waals surface area contributed by atoms with Gasteiger partial charge in [-0.2, -0.15) is 0 Å². The Morgan fingerprint density at radius 2 is 1.97 bits per heavy atom. The van der Waals surface area contributed by atoms with E-state index in [1.165, 1.54) is 0 Å². The van der Waals surface area contributed by atoms with Gasteiger partial charge in [0.2, 0.25) is 5.91 Å². The third kappa shape index (κ3) is 4.78. The fraction of sp³-hybridized carbons (Fsp3) is 0.167. The summed E-state index contributed by atoms with van der Waals surface area (Å²) in [5.41, 5.74) is 10.1. The molecule has 0 aliphatic carbocycles. The number of hydrogen-bond donors (Lipinski definition) is 2. The molecule has 0 spiro atoms. The molecular formula is C24H24N6O. The lowest BCUT2D eigenvalue weighted by Crippen LogP contribution is -2.24. The first-order valence-corrected chi connectivity index (χ1v) is 10.1. The van der Waals surface area contributed by atoms with Crippen LogP contribution in [0.3, 0.4) is 0 Å². The summed E-state index contributed by atoms with van der Waals surface area (Å²) < 4.78 is 1.92. The summed E-state index contributed by atoms with van der Waals surface area (Å²) in [7, 11) is 1.94. The lowest BCUT2D eigenvalue weighted by atomic mass is 9.91. The number of nitrogens with zero attached hydrogens (tertiary/aromatic N) is 4. The van der Waals surface area contributed by atoms with Crippen LogP contribution >= 0.6 is 0 Å². The molecule has 3 N–H and O–H groups in total. The molecule has 4 rings (SSSR count). The Morgan fingerprint density at radius 1 is 1.13 bits per heavy atom. The van der Waals surface area contributed by atoms with Gasteiger partial charge in [-0.05, 0) is 17.7 Å². The number of primary amides is 1. The van der Waals surface area contributed by atoms with Gasteiger partial charge in [0, 0.05) is 49.7 Å². The molecule has 156 valence electrons. The molecule has 1 atom stereocenters. The van der Waals surface area contributed by atoms with E-state index in [2.05, 4.69) is 15.3 Å². The maximum atomic E-state index is 12.4. The highest BCUT2D eigenvalue weighted by Gasteiger charge is 2.24. The topological polar surface area (TPSA) is 98.7 Å². The number of imidazole rings is 1. The zero-order chi connectivity index (χ0) is 21.6. The molecule has 0 saturated heterocycles. The van der Waals surface area contributed by atoms with Crippen LogP contribution in [-0.2, 0) is 18.3 Å². The van der Waals surface area contributed by atoms with E-state index >= 15 is 0 Å². The summed E-state index contributed by atoms with van der Waals surface area (Å²) in [6.07, 6.45) is 7.83. The Balaban J connectivity index is 1.69. The molecule has 0 aliphatic heterocycles. The second kappa shape index (κ2) is 9.21. The molecule has 4 aromatic rings. The molecule has 7 heteroatoms. The Morgan fingerprint density at radius 3 is 2.65 bits per heavy atom. The van der Waals surface area contributed by atoms with Crippen LogP contribution in [0.15, 0.2) is 79.5 Å². The van der Waals surface area contributed by atoms with Crippen molar-refractivity contribution in [3.05, 3.63) is 96.3 Å². The van der Waals surface area contributed by atoms with Gasteiger partial charge in [-0.3, -0.25) is 9.78 Å². The molecule has 0 bridgehead atoms. The van der Waals surface area contributed by atoms with Gasteiger partial charge in [0.25, 0.3) is 0 Å². The first-order valence-electron chi connectivity index (χ1n) is 10.1. The smallest absolute Gasteiger partial charge is 0.229 e. The molecular weight excluding hydrogens is 388 g/mol. The quantitative estimate of drug-likeness (QED) is 0.463. The monoisotopic (exact) mass is 412 g/mol. The number of pyridine rings is 2. The number of carbonyl (C=O) groups is 1. The maximum Gasteiger partial charge on any atom is 0.229 e.